The first-order valence-corrected chi connectivity index (χ1v) is 11.6. The van der Waals surface area contributed by atoms with Crippen LogP contribution in [0.5, 0.6) is 0 Å². The first-order chi connectivity index (χ1) is 16.6. The Labute approximate surface area is 205 Å². The number of esters is 1. The number of hydrogen-bond donors (Lipinski definition) is 0. The fraction of sp³-hybridized carbons (Fsp3) is 0.370. The third-order valence-electron chi connectivity index (χ3n) is 5.76. The van der Waals surface area contributed by atoms with Crippen molar-refractivity contribution >= 4 is 23.9 Å². The summed E-state index contributed by atoms with van der Waals surface area (Å²) in [6.07, 6.45) is 1.52. The van der Waals surface area contributed by atoms with Gasteiger partial charge in [0.15, 0.2) is 0 Å². The van der Waals surface area contributed by atoms with E-state index in [4.69, 9.17) is 14.2 Å². The summed E-state index contributed by atoms with van der Waals surface area (Å²) in [5.41, 5.74) is 3.45. The summed E-state index contributed by atoms with van der Waals surface area (Å²) in [6.45, 7) is 6.81. The maximum atomic E-state index is 12.5. The van der Waals surface area contributed by atoms with Gasteiger partial charge in [0.05, 0.1) is 5.56 Å². The van der Waals surface area contributed by atoms with Gasteiger partial charge >= 0.3 is 18.2 Å². The van der Waals surface area contributed by atoms with Crippen LogP contribution in [0.1, 0.15) is 53.4 Å². The average molecular weight is 479 g/mol. The van der Waals surface area contributed by atoms with Crippen molar-refractivity contribution < 1.29 is 28.6 Å². The van der Waals surface area contributed by atoms with Crippen molar-refractivity contribution in [1.82, 2.24) is 9.80 Å². The lowest BCUT2D eigenvalue weighted by Gasteiger charge is -2.31. The Hall–Kier alpha value is -3.81. The second kappa shape index (κ2) is 9.82. The molecule has 0 fully saturated rings. The molecule has 0 unspecified atom stereocenters. The molecule has 8 nitrogen and oxygen atoms in total. The SMILES string of the molecule is CN(C/C=C1\OC(=O)c2cc3c(cc21)CCN(C(=O)OC(C)(C)C)C3)C(=O)OCc1ccccc1. The summed E-state index contributed by atoms with van der Waals surface area (Å²) in [6, 6.07) is 13.2. The summed E-state index contributed by atoms with van der Waals surface area (Å²) in [7, 11) is 1.63. The fourth-order valence-corrected chi connectivity index (χ4v) is 3.95. The van der Waals surface area contributed by atoms with E-state index < -0.39 is 17.7 Å². The molecule has 2 aromatic carbocycles. The van der Waals surface area contributed by atoms with Crippen molar-refractivity contribution in [2.45, 2.75) is 45.9 Å². The zero-order chi connectivity index (χ0) is 25.2. The summed E-state index contributed by atoms with van der Waals surface area (Å²) >= 11 is 0. The second-order valence-electron chi connectivity index (χ2n) is 9.70. The molecular weight excluding hydrogens is 448 g/mol. The first kappa shape index (κ1) is 24.3. The molecule has 0 radical (unpaired) electrons. The number of benzene rings is 2. The molecule has 2 aromatic rings. The number of carbonyl (C=O) groups excluding carboxylic acids is 3. The van der Waals surface area contributed by atoms with Crippen LogP contribution in [0.15, 0.2) is 48.5 Å². The Morgan fingerprint density at radius 2 is 1.83 bits per heavy atom. The minimum atomic E-state index is -0.570. The Bertz CT molecular complexity index is 1170. The van der Waals surface area contributed by atoms with Gasteiger partial charge in [0, 0.05) is 32.2 Å². The van der Waals surface area contributed by atoms with Crippen LogP contribution in [0.4, 0.5) is 9.59 Å². The van der Waals surface area contributed by atoms with Crippen LogP contribution < -0.4 is 0 Å². The maximum Gasteiger partial charge on any atom is 0.410 e. The highest BCUT2D eigenvalue weighted by Gasteiger charge is 2.31. The number of ether oxygens (including phenoxy) is 3. The van der Waals surface area contributed by atoms with Gasteiger partial charge in [0.2, 0.25) is 0 Å². The van der Waals surface area contributed by atoms with Crippen LogP contribution in [0, 0.1) is 0 Å². The van der Waals surface area contributed by atoms with Gasteiger partial charge < -0.3 is 24.0 Å². The monoisotopic (exact) mass is 478 g/mol. The molecule has 2 amide bonds. The smallest absolute Gasteiger partial charge is 0.410 e. The predicted octanol–water partition coefficient (Wildman–Crippen LogP) is 4.76. The minimum absolute atomic E-state index is 0.185. The largest absolute Gasteiger partial charge is 0.445 e. The molecule has 184 valence electrons. The summed E-state index contributed by atoms with van der Waals surface area (Å²) < 4.78 is 16.3. The van der Waals surface area contributed by atoms with Crippen LogP contribution in [0.2, 0.25) is 0 Å². The number of fused-ring (bicyclic) bond motifs is 2. The molecule has 2 aliphatic rings. The highest BCUT2D eigenvalue weighted by atomic mass is 16.6. The lowest BCUT2D eigenvalue weighted by atomic mass is 9.94. The van der Waals surface area contributed by atoms with Gasteiger partial charge in [-0.15, -0.1) is 0 Å². The molecular formula is C27H30N2O6. The predicted molar refractivity (Wildman–Crippen MR) is 129 cm³/mol. The Morgan fingerprint density at radius 3 is 2.54 bits per heavy atom. The van der Waals surface area contributed by atoms with E-state index in [9.17, 15) is 14.4 Å². The number of hydrogen-bond acceptors (Lipinski definition) is 6. The van der Waals surface area contributed by atoms with Gasteiger partial charge in [-0.2, -0.15) is 0 Å². The molecule has 8 heteroatoms. The summed E-state index contributed by atoms with van der Waals surface area (Å²) in [5.74, 6) is -0.0252. The number of nitrogens with zero attached hydrogens (tertiary/aromatic N) is 2. The third kappa shape index (κ3) is 5.82. The Morgan fingerprint density at radius 1 is 1.11 bits per heavy atom. The number of amides is 2. The molecule has 0 saturated carbocycles. The number of cyclic esters (lactones) is 1. The van der Waals surface area contributed by atoms with E-state index in [1.165, 1.54) is 4.90 Å². The molecule has 0 atom stereocenters. The van der Waals surface area contributed by atoms with E-state index >= 15 is 0 Å². The fourth-order valence-electron chi connectivity index (χ4n) is 3.95. The van der Waals surface area contributed by atoms with Gasteiger partial charge in [0.25, 0.3) is 0 Å². The van der Waals surface area contributed by atoms with Crippen LogP contribution in [-0.4, -0.2) is 53.7 Å². The number of rotatable bonds is 4. The van der Waals surface area contributed by atoms with Gasteiger partial charge in [-0.25, -0.2) is 14.4 Å². The van der Waals surface area contributed by atoms with Crippen molar-refractivity contribution in [1.29, 1.82) is 0 Å². The molecule has 0 aliphatic carbocycles. The van der Waals surface area contributed by atoms with Crippen LogP contribution in [0.25, 0.3) is 5.76 Å². The summed E-state index contributed by atoms with van der Waals surface area (Å²) in [5, 5.41) is 0. The van der Waals surface area contributed by atoms with E-state index in [0.717, 1.165) is 16.7 Å². The standard InChI is InChI=1S/C27H30N2O6/c1-27(2,3)35-26(32)29-13-10-19-14-21-22(15-20(19)16-29)24(30)34-23(21)11-12-28(4)25(31)33-17-18-8-6-5-7-9-18/h5-9,11,14-15H,10,12-13,16-17H2,1-4H3/b23-11-. The molecule has 0 spiro atoms. The van der Waals surface area contributed by atoms with Crippen LogP contribution >= 0.6 is 0 Å². The number of carbonyl (C=O) groups is 3. The van der Waals surface area contributed by atoms with E-state index in [0.29, 0.717) is 36.4 Å². The lowest BCUT2D eigenvalue weighted by molar-refractivity contribution is 0.0224. The summed E-state index contributed by atoms with van der Waals surface area (Å²) in [4.78, 5) is 40.4. The Kier molecular flexibility index (Phi) is 6.82. The maximum absolute atomic E-state index is 12.5. The minimum Gasteiger partial charge on any atom is -0.445 e. The van der Waals surface area contributed by atoms with Gasteiger partial charge in [0.1, 0.15) is 18.0 Å². The molecule has 0 aromatic heterocycles. The molecule has 0 bridgehead atoms. The molecule has 2 aliphatic heterocycles. The lowest BCUT2D eigenvalue weighted by Crippen LogP contribution is -2.40. The molecule has 0 saturated heterocycles. The zero-order valence-electron chi connectivity index (χ0n) is 20.5. The normalized spacial score (nSPS) is 15.8. The Balaban J connectivity index is 1.42. The highest BCUT2D eigenvalue weighted by molar-refractivity contribution is 6.03. The molecule has 4 rings (SSSR count). The first-order valence-electron chi connectivity index (χ1n) is 11.6. The van der Waals surface area contributed by atoms with Crippen molar-refractivity contribution in [3.63, 3.8) is 0 Å². The van der Waals surface area contributed by atoms with E-state index in [1.807, 2.05) is 57.2 Å². The van der Waals surface area contributed by atoms with Gasteiger partial charge in [-0.1, -0.05) is 30.3 Å². The van der Waals surface area contributed by atoms with Crippen molar-refractivity contribution in [3.8, 4) is 0 Å². The molecule has 0 N–H and O–H groups in total. The van der Waals surface area contributed by atoms with Gasteiger partial charge in [-0.3, -0.25) is 0 Å². The van der Waals surface area contributed by atoms with E-state index in [1.54, 1.807) is 24.1 Å². The zero-order valence-corrected chi connectivity index (χ0v) is 20.5. The van der Waals surface area contributed by atoms with Crippen molar-refractivity contribution in [2.75, 3.05) is 20.1 Å². The van der Waals surface area contributed by atoms with Crippen LogP contribution in [0.3, 0.4) is 0 Å². The second-order valence-corrected chi connectivity index (χ2v) is 9.70. The molecule has 2 heterocycles. The highest BCUT2D eigenvalue weighted by Crippen LogP contribution is 2.34. The van der Waals surface area contributed by atoms with Crippen molar-refractivity contribution in [3.05, 3.63) is 76.4 Å². The van der Waals surface area contributed by atoms with E-state index in [-0.39, 0.29) is 19.2 Å². The molecule has 35 heavy (non-hydrogen) atoms. The van der Waals surface area contributed by atoms with E-state index in [2.05, 4.69) is 0 Å². The average Bonchev–Trinajstić information content (AvgIpc) is 3.13. The van der Waals surface area contributed by atoms with Crippen molar-refractivity contribution in [2.24, 2.45) is 0 Å². The quantitative estimate of drug-likeness (QED) is 0.465. The van der Waals surface area contributed by atoms with Crippen LogP contribution in [-0.2, 0) is 33.8 Å². The number of likely N-dealkylation sites (N-methyl/N-ethyl adjacent to an activating group) is 1. The topological polar surface area (TPSA) is 85.4 Å². The van der Waals surface area contributed by atoms with Gasteiger partial charge in [-0.05, 0) is 62.1 Å². The third-order valence-corrected chi connectivity index (χ3v) is 5.76.